The van der Waals surface area contributed by atoms with Gasteiger partial charge in [-0.1, -0.05) is 12.1 Å². The van der Waals surface area contributed by atoms with Gasteiger partial charge in [-0.25, -0.2) is 14.1 Å². The monoisotopic (exact) mass is 353 g/mol. The van der Waals surface area contributed by atoms with Gasteiger partial charge in [0, 0.05) is 10.8 Å². The van der Waals surface area contributed by atoms with E-state index in [1.165, 1.54) is 11.0 Å². The van der Waals surface area contributed by atoms with Crippen LogP contribution >= 0.6 is 0 Å². The number of fused-ring (bicyclic) bond motifs is 4. The Bertz CT molecular complexity index is 1380. The average molecular weight is 353 g/mol. The van der Waals surface area contributed by atoms with E-state index in [1.807, 2.05) is 6.07 Å². The number of rotatable bonds is 1. The Kier molecular flexibility index (Phi) is 3.13. The van der Waals surface area contributed by atoms with Crippen LogP contribution in [0.25, 0.3) is 44.5 Å². The third-order valence-corrected chi connectivity index (χ3v) is 5.28. The number of aromatic nitrogens is 3. The summed E-state index contributed by atoms with van der Waals surface area (Å²) in [5.74, 6) is 1.11. The Morgan fingerprint density at radius 1 is 1.11 bits per heavy atom. The molecule has 5 heteroatoms. The van der Waals surface area contributed by atoms with Crippen molar-refractivity contribution in [3.05, 3.63) is 59.8 Å². The summed E-state index contributed by atoms with van der Waals surface area (Å²) in [6.45, 7) is 2.11. The van der Waals surface area contributed by atoms with E-state index in [1.54, 1.807) is 6.07 Å². The lowest BCUT2D eigenvalue weighted by molar-refractivity contribution is -0.634. The van der Waals surface area contributed by atoms with E-state index in [0.29, 0.717) is 11.4 Å². The number of imidazole rings is 1. The van der Waals surface area contributed by atoms with Crippen molar-refractivity contribution < 1.29 is 8.98 Å². The largest absolute Gasteiger partial charge is 0.438 e. The van der Waals surface area contributed by atoms with Gasteiger partial charge in [-0.05, 0) is 48.9 Å². The molecule has 0 atom stereocenters. The van der Waals surface area contributed by atoms with Crippen molar-refractivity contribution in [3.63, 3.8) is 0 Å². The summed E-state index contributed by atoms with van der Waals surface area (Å²) >= 11 is 0. The quantitative estimate of drug-likeness (QED) is 0.426. The standard InChI is InChI=1S/C22H17N4O/c1-13-10-17-15-9-8-14(12-23)24-21(15)27-20(17)11-16(13)22-25(2)18-6-4-5-7-19(18)26(22)3/h4-11H,1-3H3/q+1. The first-order chi connectivity index (χ1) is 13.1. The molecule has 3 aromatic heterocycles. The highest BCUT2D eigenvalue weighted by Gasteiger charge is 2.24. The number of aryl methyl sites for hydroxylation is 3. The second-order valence-corrected chi connectivity index (χ2v) is 6.86. The molecule has 0 aliphatic carbocycles. The molecule has 0 amide bonds. The molecule has 27 heavy (non-hydrogen) atoms. The maximum Gasteiger partial charge on any atom is 0.289 e. The Morgan fingerprint density at radius 2 is 1.93 bits per heavy atom. The third kappa shape index (κ3) is 2.10. The van der Waals surface area contributed by atoms with E-state index < -0.39 is 0 Å². The lowest BCUT2D eigenvalue weighted by atomic mass is 10.0. The van der Waals surface area contributed by atoms with Crippen molar-refractivity contribution in [2.45, 2.75) is 6.92 Å². The predicted octanol–water partition coefficient (Wildman–Crippen LogP) is 4.14. The van der Waals surface area contributed by atoms with E-state index >= 15 is 0 Å². The van der Waals surface area contributed by atoms with Crippen LogP contribution in [0.5, 0.6) is 0 Å². The number of nitriles is 1. The number of benzene rings is 2. The zero-order valence-electron chi connectivity index (χ0n) is 15.3. The van der Waals surface area contributed by atoms with Crippen LogP contribution in [0.1, 0.15) is 11.3 Å². The fourth-order valence-electron chi connectivity index (χ4n) is 3.96. The fourth-order valence-corrected chi connectivity index (χ4v) is 3.96. The van der Waals surface area contributed by atoms with Crippen molar-refractivity contribution in [1.82, 2.24) is 9.55 Å². The molecular formula is C22H17N4O+. The lowest BCUT2D eigenvalue weighted by Crippen LogP contribution is -2.30. The molecule has 0 aliphatic rings. The number of para-hydroxylation sites is 2. The molecule has 130 valence electrons. The number of hydrogen-bond acceptors (Lipinski definition) is 3. The number of furan rings is 1. The molecule has 0 saturated heterocycles. The van der Waals surface area contributed by atoms with Gasteiger partial charge in [-0.3, -0.25) is 0 Å². The molecule has 0 unspecified atom stereocenters. The Balaban J connectivity index is 1.83. The van der Waals surface area contributed by atoms with Gasteiger partial charge in [0.05, 0.1) is 19.7 Å². The van der Waals surface area contributed by atoms with Crippen LogP contribution in [0.4, 0.5) is 0 Å². The first kappa shape index (κ1) is 15.6. The van der Waals surface area contributed by atoms with Gasteiger partial charge in [-0.15, -0.1) is 0 Å². The van der Waals surface area contributed by atoms with Crippen molar-refractivity contribution in [2.24, 2.45) is 14.1 Å². The molecule has 0 N–H and O–H groups in total. The smallest absolute Gasteiger partial charge is 0.289 e. The van der Waals surface area contributed by atoms with Gasteiger partial charge in [0.2, 0.25) is 5.71 Å². The Hall–Kier alpha value is -3.65. The van der Waals surface area contributed by atoms with E-state index in [4.69, 9.17) is 9.68 Å². The topological polar surface area (TPSA) is 58.6 Å². The molecule has 5 rings (SSSR count). The first-order valence-corrected chi connectivity index (χ1v) is 8.76. The van der Waals surface area contributed by atoms with Crippen molar-refractivity contribution >= 4 is 33.1 Å². The summed E-state index contributed by atoms with van der Waals surface area (Å²) < 4.78 is 10.4. The molecule has 0 spiro atoms. The minimum atomic E-state index is 0.360. The minimum absolute atomic E-state index is 0.360. The zero-order valence-corrected chi connectivity index (χ0v) is 15.3. The normalized spacial score (nSPS) is 11.5. The Morgan fingerprint density at radius 3 is 2.70 bits per heavy atom. The maximum absolute atomic E-state index is 9.08. The number of pyridine rings is 1. The molecule has 5 aromatic rings. The average Bonchev–Trinajstić information content (AvgIpc) is 3.16. The summed E-state index contributed by atoms with van der Waals surface area (Å²) in [5, 5.41) is 11.0. The molecule has 0 fully saturated rings. The molecular weight excluding hydrogens is 336 g/mol. The van der Waals surface area contributed by atoms with Crippen LogP contribution < -0.4 is 4.57 Å². The van der Waals surface area contributed by atoms with E-state index in [0.717, 1.165) is 33.3 Å². The summed E-state index contributed by atoms with van der Waals surface area (Å²) in [5.41, 5.74) is 6.28. The van der Waals surface area contributed by atoms with Gasteiger partial charge in [0.25, 0.3) is 5.82 Å². The molecule has 3 heterocycles. The molecule has 2 aromatic carbocycles. The van der Waals surface area contributed by atoms with Crippen LogP contribution in [0.2, 0.25) is 0 Å². The molecule has 0 saturated carbocycles. The van der Waals surface area contributed by atoms with Crippen LogP contribution in [0, 0.1) is 18.3 Å². The van der Waals surface area contributed by atoms with Gasteiger partial charge in [0.1, 0.15) is 17.3 Å². The van der Waals surface area contributed by atoms with E-state index in [2.05, 4.69) is 77.6 Å². The minimum Gasteiger partial charge on any atom is -0.438 e. The SMILES string of the molecule is Cc1cc2c(cc1-c1n(C)c3ccccc3[n+]1C)oc1nc(C#N)ccc12. The number of nitrogens with zero attached hydrogens (tertiary/aromatic N) is 4. The Labute approximate surface area is 155 Å². The van der Waals surface area contributed by atoms with E-state index in [9.17, 15) is 0 Å². The summed E-state index contributed by atoms with van der Waals surface area (Å²) in [4.78, 5) is 4.29. The second kappa shape index (κ2) is 5.42. The predicted molar refractivity (Wildman–Crippen MR) is 104 cm³/mol. The summed E-state index contributed by atoms with van der Waals surface area (Å²) in [6.07, 6.45) is 0. The zero-order chi connectivity index (χ0) is 18.7. The number of hydrogen-bond donors (Lipinski definition) is 0. The van der Waals surface area contributed by atoms with Gasteiger partial charge in [0.15, 0.2) is 11.0 Å². The van der Waals surface area contributed by atoms with Crippen molar-refractivity contribution in [2.75, 3.05) is 0 Å². The fraction of sp³-hybridized carbons (Fsp3) is 0.136. The molecule has 0 radical (unpaired) electrons. The van der Waals surface area contributed by atoms with Crippen molar-refractivity contribution in [3.8, 4) is 17.5 Å². The summed E-state index contributed by atoms with van der Waals surface area (Å²) in [6, 6.07) is 18.3. The van der Waals surface area contributed by atoms with Crippen LogP contribution in [0.3, 0.4) is 0 Å². The maximum atomic E-state index is 9.08. The molecule has 0 aliphatic heterocycles. The highest BCUT2D eigenvalue weighted by Crippen LogP contribution is 2.34. The van der Waals surface area contributed by atoms with Crippen molar-refractivity contribution in [1.29, 1.82) is 5.26 Å². The van der Waals surface area contributed by atoms with Gasteiger partial charge in [-0.2, -0.15) is 5.26 Å². The van der Waals surface area contributed by atoms with Crippen LogP contribution in [0.15, 0.2) is 52.9 Å². The van der Waals surface area contributed by atoms with Gasteiger partial charge >= 0.3 is 0 Å². The van der Waals surface area contributed by atoms with Crippen LogP contribution in [-0.4, -0.2) is 9.55 Å². The van der Waals surface area contributed by atoms with Crippen LogP contribution in [-0.2, 0) is 14.1 Å². The highest BCUT2D eigenvalue weighted by molar-refractivity contribution is 6.05. The molecule has 0 bridgehead atoms. The van der Waals surface area contributed by atoms with Gasteiger partial charge < -0.3 is 4.42 Å². The lowest BCUT2D eigenvalue weighted by Gasteiger charge is -2.04. The highest BCUT2D eigenvalue weighted by atomic mass is 16.3. The van der Waals surface area contributed by atoms with E-state index in [-0.39, 0.29) is 0 Å². The first-order valence-electron chi connectivity index (χ1n) is 8.76. The second-order valence-electron chi connectivity index (χ2n) is 6.86. The molecule has 5 nitrogen and oxygen atoms in total. The third-order valence-electron chi connectivity index (χ3n) is 5.28. The summed E-state index contributed by atoms with van der Waals surface area (Å²) in [7, 11) is 4.17.